The average Bonchev–Trinajstić information content (AvgIpc) is 3.13. The van der Waals surface area contributed by atoms with E-state index in [4.69, 9.17) is 20.8 Å². The van der Waals surface area contributed by atoms with Crippen molar-refractivity contribution < 1.29 is 18.5 Å². The summed E-state index contributed by atoms with van der Waals surface area (Å²) >= 11 is 9.41. The van der Waals surface area contributed by atoms with Crippen molar-refractivity contribution in [1.29, 1.82) is 0 Å². The second-order valence-electron chi connectivity index (χ2n) is 8.52. The lowest BCUT2D eigenvalue weighted by atomic mass is 10.2. The third-order valence-corrected chi connectivity index (χ3v) is 6.11. The molecular weight excluding hydrogens is 446 g/mol. The van der Waals surface area contributed by atoms with Gasteiger partial charge in [0, 0.05) is 7.05 Å². The van der Waals surface area contributed by atoms with E-state index in [2.05, 4.69) is 12.6 Å². The fraction of sp³-hybridized carbons (Fsp3) is 0.550. The first-order chi connectivity index (χ1) is 13.7. The maximum absolute atomic E-state index is 12.9. The summed E-state index contributed by atoms with van der Waals surface area (Å²) in [6.07, 6.45) is 2.51. The van der Waals surface area contributed by atoms with Gasteiger partial charge in [0.1, 0.15) is 21.3 Å². The third-order valence-electron chi connectivity index (χ3n) is 3.71. The van der Waals surface area contributed by atoms with E-state index in [1.807, 2.05) is 20.8 Å². The lowest BCUT2D eigenvalue weighted by Crippen LogP contribution is -2.47. The van der Waals surface area contributed by atoms with Gasteiger partial charge in [0.25, 0.3) is 0 Å². The lowest BCUT2D eigenvalue weighted by Gasteiger charge is -2.35. The number of ether oxygens (including phenoxy) is 1. The Labute approximate surface area is 193 Å². The summed E-state index contributed by atoms with van der Waals surface area (Å²) < 4.78 is 24.6. The average molecular weight is 478 g/mol. The maximum atomic E-state index is 12.9. The standard InChI is InChI=1S/C20H32ClN3O4S2/c1-19(2,3)28-18(25)24(13-16-10-9-11-27-16)15(14-29)12-17(21)22(7)23(8)30(26)20(4,5)6/h9-12,14,29H,13H2,1-8H3/b15-14-,17-12-. The molecule has 0 radical (unpaired) electrons. The summed E-state index contributed by atoms with van der Waals surface area (Å²) in [5.41, 5.74) is -0.301. The highest BCUT2D eigenvalue weighted by Crippen LogP contribution is 2.25. The van der Waals surface area contributed by atoms with Crippen LogP contribution in [0.15, 0.2) is 45.2 Å². The van der Waals surface area contributed by atoms with E-state index in [1.165, 1.54) is 21.0 Å². The number of carbonyl (C=O) groups excluding carboxylic acids is 1. The van der Waals surface area contributed by atoms with Crippen LogP contribution in [0.2, 0.25) is 0 Å². The van der Waals surface area contributed by atoms with Gasteiger partial charge in [-0.05, 0) is 69.6 Å². The number of amides is 1. The fourth-order valence-electron chi connectivity index (χ4n) is 2.18. The first-order valence-electron chi connectivity index (χ1n) is 9.31. The van der Waals surface area contributed by atoms with E-state index >= 15 is 0 Å². The molecule has 0 spiro atoms. The van der Waals surface area contributed by atoms with Crippen molar-refractivity contribution in [2.24, 2.45) is 0 Å². The molecule has 0 N–H and O–H groups in total. The number of thiol groups is 1. The summed E-state index contributed by atoms with van der Waals surface area (Å²) in [7, 11) is 3.36. The van der Waals surface area contributed by atoms with Crippen molar-refractivity contribution in [3.63, 3.8) is 0 Å². The molecule has 0 bridgehead atoms. The van der Waals surface area contributed by atoms with Gasteiger partial charge in [-0.2, -0.15) is 0 Å². The van der Waals surface area contributed by atoms with Crippen molar-refractivity contribution in [2.75, 3.05) is 14.1 Å². The van der Waals surface area contributed by atoms with Crippen molar-refractivity contribution >= 4 is 41.7 Å². The predicted octanol–water partition coefficient (Wildman–Crippen LogP) is 5.11. The first-order valence-corrected chi connectivity index (χ1v) is 11.3. The van der Waals surface area contributed by atoms with E-state index in [0.29, 0.717) is 11.5 Å². The molecule has 0 saturated carbocycles. The van der Waals surface area contributed by atoms with Gasteiger partial charge in [-0.3, -0.25) is 9.91 Å². The Balaban J connectivity index is 3.18. The van der Waals surface area contributed by atoms with Crippen LogP contribution in [0, 0.1) is 0 Å². The second kappa shape index (κ2) is 10.9. The molecule has 0 aromatic carbocycles. The minimum Gasteiger partial charge on any atom is -0.596 e. The van der Waals surface area contributed by atoms with Crippen molar-refractivity contribution in [3.05, 3.63) is 46.5 Å². The van der Waals surface area contributed by atoms with Gasteiger partial charge in [0.15, 0.2) is 0 Å². The van der Waals surface area contributed by atoms with E-state index in [1.54, 1.807) is 58.1 Å². The van der Waals surface area contributed by atoms with Gasteiger partial charge < -0.3 is 13.7 Å². The monoisotopic (exact) mass is 477 g/mol. The molecule has 1 unspecified atom stereocenters. The molecular formula is C20H32ClN3O4S2. The number of hydrazine groups is 1. The highest BCUT2D eigenvalue weighted by atomic mass is 35.5. The molecule has 0 fully saturated rings. The number of hydrogen-bond donors (Lipinski definition) is 1. The second-order valence-corrected chi connectivity index (χ2v) is 11.4. The number of halogens is 1. The Hall–Kier alpha value is -1.26. The summed E-state index contributed by atoms with van der Waals surface area (Å²) in [5.74, 6) is 0.567. The summed E-state index contributed by atoms with van der Waals surface area (Å²) in [6.45, 7) is 11.1. The van der Waals surface area contributed by atoms with Gasteiger partial charge in [-0.1, -0.05) is 11.6 Å². The minimum absolute atomic E-state index is 0.127. The molecule has 1 rings (SSSR count). The molecule has 0 aliphatic carbocycles. The fourth-order valence-corrected chi connectivity index (χ4v) is 3.77. The van der Waals surface area contributed by atoms with Crippen LogP contribution in [-0.4, -0.2) is 49.4 Å². The van der Waals surface area contributed by atoms with Gasteiger partial charge in [0.05, 0.1) is 36.9 Å². The molecule has 1 aromatic rings. The molecule has 1 heterocycles. The van der Waals surface area contributed by atoms with Crippen LogP contribution >= 0.6 is 24.2 Å². The predicted molar refractivity (Wildman–Crippen MR) is 125 cm³/mol. The van der Waals surface area contributed by atoms with E-state index in [-0.39, 0.29) is 11.7 Å². The van der Waals surface area contributed by atoms with Crippen LogP contribution < -0.4 is 0 Å². The Kier molecular flexibility index (Phi) is 9.69. The van der Waals surface area contributed by atoms with Crippen LogP contribution in [-0.2, 0) is 22.6 Å². The molecule has 7 nitrogen and oxygen atoms in total. The molecule has 10 heteroatoms. The van der Waals surface area contributed by atoms with Crippen LogP contribution in [0.5, 0.6) is 0 Å². The van der Waals surface area contributed by atoms with E-state index in [0.717, 1.165) is 0 Å². The molecule has 1 aromatic heterocycles. The van der Waals surface area contributed by atoms with Gasteiger partial charge >= 0.3 is 6.09 Å². The molecule has 0 aliphatic heterocycles. The van der Waals surface area contributed by atoms with E-state index < -0.39 is 27.8 Å². The summed E-state index contributed by atoms with van der Waals surface area (Å²) in [6, 6.07) is 3.49. The topological polar surface area (TPSA) is 72.2 Å². The zero-order chi connectivity index (χ0) is 23.3. The van der Waals surface area contributed by atoms with Crippen LogP contribution in [0.3, 0.4) is 0 Å². The Morgan fingerprint density at radius 3 is 2.33 bits per heavy atom. The van der Waals surface area contributed by atoms with Crippen LogP contribution in [0.4, 0.5) is 4.79 Å². The highest BCUT2D eigenvalue weighted by Gasteiger charge is 2.34. The largest absolute Gasteiger partial charge is 0.596 e. The zero-order valence-corrected chi connectivity index (χ0v) is 21.3. The van der Waals surface area contributed by atoms with Crippen molar-refractivity contribution in [3.8, 4) is 0 Å². The van der Waals surface area contributed by atoms with E-state index in [9.17, 15) is 9.35 Å². The molecule has 30 heavy (non-hydrogen) atoms. The molecule has 0 aliphatic rings. The minimum atomic E-state index is -1.33. The number of nitrogens with zero attached hydrogens (tertiary/aromatic N) is 3. The SMILES string of the molecule is CN(/C(Cl)=C\C(=C\S)N(Cc1ccco1)C(=O)OC(C)(C)C)N(C)[S+]([O-])C(C)(C)C. The Bertz CT molecular complexity index is 755. The first kappa shape index (κ1) is 26.8. The maximum Gasteiger partial charge on any atom is 0.415 e. The van der Waals surface area contributed by atoms with Gasteiger partial charge in [-0.15, -0.1) is 12.6 Å². The molecule has 1 amide bonds. The smallest absolute Gasteiger partial charge is 0.415 e. The number of allylic oxidation sites excluding steroid dienone is 1. The highest BCUT2D eigenvalue weighted by molar-refractivity contribution is 7.90. The Morgan fingerprint density at radius 1 is 1.30 bits per heavy atom. The van der Waals surface area contributed by atoms with Crippen molar-refractivity contribution in [2.45, 2.75) is 58.4 Å². The number of hydrogen-bond acceptors (Lipinski definition) is 7. The quantitative estimate of drug-likeness (QED) is 0.193. The van der Waals surface area contributed by atoms with Crippen LogP contribution in [0.25, 0.3) is 0 Å². The molecule has 1 atom stereocenters. The van der Waals surface area contributed by atoms with Gasteiger partial charge in [0.2, 0.25) is 0 Å². The van der Waals surface area contributed by atoms with Gasteiger partial charge in [-0.25, -0.2) is 4.79 Å². The number of carbonyl (C=O) groups is 1. The summed E-state index contributed by atoms with van der Waals surface area (Å²) in [5, 5.41) is 3.23. The number of rotatable bonds is 7. The summed E-state index contributed by atoms with van der Waals surface area (Å²) in [4.78, 5) is 14.2. The lowest BCUT2D eigenvalue weighted by molar-refractivity contribution is 0.0297. The number of furan rings is 1. The Morgan fingerprint density at radius 2 is 1.90 bits per heavy atom. The molecule has 0 saturated heterocycles. The zero-order valence-electron chi connectivity index (χ0n) is 18.8. The third kappa shape index (κ3) is 8.11. The van der Waals surface area contributed by atoms with Crippen molar-refractivity contribution in [1.82, 2.24) is 14.3 Å². The molecule has 170 valence electrons. The van der Waals surface area contributed by atoms with Crippen LogP contribution in [0.1, 0.15) is 47.3 Å². The normalized spacial score (nSPS) is 14.7.